The summed E-state index contributed by atoms with van der Waals surface area (Å²) in [6, 6.07) is 2.58. The minimum Gasteiger partial charge on any atom is -0.465 e. The number of benzene rings is 1. The van der Waals surface area contributed by atoms with E-state index >= 15 is 0 Å². The third kappa shape index (κ3) is 2.44. The zero-order valence-corrected chi connectivity index (χ0v) is 10.3. The van der Waals surface area contributed by atoms with Gasteiger partial charge in [-0.05, 0) is 30.4 Å². The van der Waals surface area contributed by atoms with Gasteiger partial charge in [-0.2, -0.15) is 0 Å². The zero-order valence-electron chi connectivity index (χ0n) is 10.3. The zero-order chi connectivity index (χ0) is 13.3. The fraction of sp³-hybridized carbons (Fsp3) is 0.462. The molecule has 2 rings (SSSR count). The van der Waals surface area contributed by atoms with E-state index in [0.29, 0.717) is 18.4 Å². The number of hydrogen-bond acceptors (Lipinski definition) is 3. The standard InChI is InChI=1S/C13H15F2NO2/c1-7-5-8(7)6-16-10-4-3-9(13(17)18-2)11(14)12(10)15/h3-4,7-8,16H,5-6H2,1-2H3. The summed E-state index contributed by atoms with van der Waals surface area (Å²) >= 11 is 0. The molecule has 1 aliphatic rings. The first-order chi connectivity index (χ1) is 8.54. The number of carbonyl (C=O) groups is 1. The highest BCUT2D eigenvalue weighted by atomic mass is 19.2. The lowest BCUT2D eigenvalue weighted by atomic mass is 10.1. The van der Waals surface area contributed by atoms with Crippen LogP contribution in [0, 0.1) is 23.5 Å². The molecule has 0 saturated heterocycles. The highest BCUT2D eigenvalue weighted by Crippen LogP contribution is 2.37. The number of hydrogen-bond donors (Lipinski definition) is 1. The minimum absolute atomic E-state index is 0.0826. The molecule has 0 amide bonds. The molecule has 0 heterocycles. The van der Waals surface area contributed by atoms with E-state index in [-0.39, 0.29) is 11.3 Å². The third-order valence-corrected chi connectivity index (χ3v) is 3.32. The first-order valence-corrected chi connectivity index (χ1v) is 5.84. The molecule has 2 atom stereocenters. The van der Waals surface area contributed by atoms with Crippen LogP contribution in [0.2, 0.25) is 0 Å². The van der Waals surface area contributed by atoms with Crippen LogP contribution in [0.25, 0.3) is 0 Å². The Morgan fingerprint density at radius 2 is 2.11 bits per heavy atom. The second-order valence-corrected chi connectivity index (χ2v) is 4.63. The number of anilines is 1. The molecule has 1 aromatic carbocycles. The summed E-state index contributed by atoms with van der Waals surface area (Å²) in [6.45, 7) is 2.73. The van der Waals surface area contributed by atoms with E-state index in [1.807, 2.05) is 0 Å². The Balaban J connectivity index is 2.12. The summed E-state index contributed by atoms with van der Waals surface area (Å²) < 4.78 is 31.7. The van der Waals surface area contributed by atoms with Crippen molar-refractivity contribution in [1.82, 2.24) is 0 Å². The Labute approximate surface area is 104 Å². The average Bonchev–Trinajstić information content (AvgIpc) is 3.06. The molecule has 1 aromatic rings. The van der Waals surface area contributed by atoms with Crippen molar-refractivity contribution < 1.29 is 18.3 Å². The normalized spacial score (nSPS) is 21.6. The Kier molecular flexibility index (Phi) is 3.50. The predicted molar refractivity (Wildman–Crippen MR) is 63.5 cm³/mol. The molecule has 0 bridgehead atoms. The summed E-state index contributed by atoms with van der Waals surface area (Å²) in [5, 5.41) is 2.86. The average molecular weight is 255 g/mol. The van der Waals surface area contributed by atoms with Gasteiger partial charge in [0.05, 0.1) is 18.4 Å². The summed E-state index contributed by atoms with van der Waals surface area (Å²) in [5.41, 5.74) is -0.306. The summed E-state index contributed by atoms with van der Waals surface area (Å²) in [4.78, 5) is 11.2. The number of ether oxygens (including phenoxy) is 1. The van der Waals surface area contributed by atoms with E-state index in [4.69, 9.17) is 0 Å². The number of methoxy groups -OCH3 is 1. The van der Waals surface area contributed by atoms with Gasteiger partial charge in [0.25, 0.3) is 0 Å². The van der Waals surface area contributed by atoms with Crippen LogP contribution in [0.5, 0.6) is 0 Å². The van der Waals surface area contributed by atoms with Gasteiger partial charge in [-0.3, -0.25) is 0 Å². The number of carbonyl (C=O) groups excluding carboxylic acids is 1. The van der Waals surface area contributed by atoms with Crippen LogP contribution in [0.4, 0.5) is 14.5 Å². The topological polar surface area (TPSA) is 38.3 Å². The van der Waals surface area contributed by atoms with Gasteiger partial charge in [0.15, 0.2) is 11.6 Å². The van der Waals surface area contributed by atoms with Gasteiger partial charge in [0, 0.05) is 6.54 Å². The predicted octanol–water partition coefficient (Wildman–Crippen LogP) is 2.82. The lowest BCUT2D eigenvalue weighted by molar-refractivity contribution is 0.0594. The molecule has 0 aliphatic heterocycles. The van der Waals surface area contributed by atoms with Crippen LogP contribution in [-0.2, 0) is 4.74 Å². The van der Waals surface area contributed by atoms with E-state index in [0.717, 1.165) is 13.5 Å². The van der Waals surface area contributed by atoms with E-state index in [1.165, 1.54) is 12.1 Å². The summed E-state index contributed by atoms with van der Waals surface area (Å²) in [7, 11) is 1.13. The van der Waals surface area contributed by atoms with E-state index < -0.39 is 17.6 Å². The lowest BCUT2D eigenvalue weighted by Gasteiger charge is -2.09. The van der Waals surface area contributed by atoms with Gasteiger partial charge in [-0.1, -0.05) is 6.92 Å². The smallest absolute Gasteiger partial charge is 0.340 e. The van der Waals surface area contributed by atoms with Crippen molar-refractivity contribution in [2.75, 3.05) is 19.0 Å². The van der Waals surface area contributed by atoms with Crippen LogP contribution in [0.3, 0.4) is 0 Å². The fourth-order valence-corrected chi connectivity index (χ4v) is 1.88. The molecular formula is C13H15F2NO2. The van der Waals surface area contributed by atoms with Crippen molar-refractivity contribution in [3.05, 3.63) is 29.3 Å². The number of nitrogens with one attached hydrogen (secondary N) is 1. The second kappa shape index (κ2) is 4.92. The SMILES string of the molecule is COC(=O)c1ccc(NCC2CC2C)c(F)c1F. The van der Waals surface area contributed by atoms with Crippen molar-refractivity contribution in [3.8, 4) is 0 Å². The minimum atomic E-state index is -1.17. The monoisotopic (exact) mass is 255 g/mol. The third-order valence-electron chi connectivity index (χ3n) is 3.32. The number of esters is 1. The molecule has 1 fully saturated rings. The van der Waals surface area contributed by atoms with Crippen LogP contribution < -0.4 is 5.32 Å². The number of halogens is 2. The molecule has 1 saturated carbocycles. The van der Waals surface area contributed by atoms with Crippen LogP contribution >= 0.6 is 0 Å². The molecule has 98 valence electrons. The Morgan fingerprint density at radius 3 is 2.67 bits per heavy atom. The Hall–Kier alpha value is -1.65. The first kappa shape index (κ1) is 12.8. The second-order valence-electron chi connectivity index (χ2n) is 4.63. The van der Waals surface area contributed by atoms with Crippen molar-refractivity contribution >= 4 is 11.7 Å². The van der Waals surface area contributed by atoms with Gasteiger partial charge in [0.2, 0.25) is 0 Å². The largest absolute Gasteiger partial charge is 0.465 e. The van der Waals surface area contributed by atoms with Gasteiger partial charge in [-0.25, -0.2) is 13.6 Å². The van der Waals surface area contributed by atoms with Gasteiger partial charge < -0.3 is 10.1 Å². The quantitative estimate of drug-likeness (QED) is 0.841. The Bertz CT molecular complexity index is 476. The van der Waals surface area contributed by atoms with Gasteiger partial charge >= 0.3 is 5.97 Å². The van der Waals surface area contributed by atoms with Crippen LogP contribution in [0.1, 0.15) is 23.7 Å². The maximum absolute atomic E-state index is 13.7. The number of rotatable bonds is 4. The first-order valence-electron chi connectivity index (χ1n) is 5.84. The van der Waals surface area contributed by atoms with Crippen molar-refractivity contribution in [2.24, 2.45) is 11.8 Å². The molecule has 18 heavy (non-hydrogen) atoms. The van der Waals surface area contributed by atoms with Crippen molar-refractivity contribution in [1.29, 1.82) is 0 Å². The van der Waals surface area contributed by atoms with E-state index in [9.17, 15) is 13.6 Å². The fourth-order valence-electron chi connectivity index (χ4n) is 1.88. The lowest BCUT2D eigenvalue weighted by Crippen LogP contribution is -2.11. The molecule has 5 heteroatoms. The van der Waals surface area contributed by atoms with Crippen LogP contribution in [-0.4, -0.2) is 19.6 Å². The highest BCUT2D eigenvalue weighted by molar-refractivity contribution is 5.90. The maximum Gasteiger partial charge on any atom is 0.340 e. The molecule has 1 aliphatic carbocycles. The van der Waals surface area contributed by atoms with Gasteiger partial charge in [0.1, 0.15) is 0 Å². The molecule has 0 spiro atoms. The van der Waals surface area contributed by atoms with Gasteiger partial charge in [-0.15, -0.1) is 0 Å². The highest BCUT2D eigenvalue weighted by Gasteiger charge is 2.32. The molecule has 1 N–H and O–H groups in total. The summed E-state index contributed by atoms with van der Waals surface area (Å²) in [6.07, 6.45) is 1.11. The van der Waals surface area contributed by atoms with Crippen molar-refractivity contribution in [2.45, 2.75) is 13.3 Å². The molecule has 2 unspecified atom stereocenters. The molecule has 3 nitrogen and oxygen atoms in total. The molecule has 0 radical (unpaired) electrons. The molecule has 0 aromatic heterocycles. The molecular weight excluding hydrogens is 240 g/mol. The maximum atomic E-state index is 13.7. The van der Waals surface area contributed by atoms with E-state index in [2.05, 4.69) is 17.0 Å². The van der Waals surface area contributed by atoms with E-state index in [1.54, 1.807) is 0 Å². The van der Waals surface area contributed by atoms with Crippen LogP contribution in [0.15, 0.2) is 12.1 Å². The Morgan fingerprint density at radius 1 is 1.44 bits per heavy atom. The van der Waals surface area contributed by atoms with Crippen molar-refractivity contribution in [3.63, 3.8) is 0 Å². The summed E-state index contributed by atoms with van der Waals surface area (Å²) in [5.74, 6) is -1.93.